The van der Waals surface area contributed by atoms with Crippen molar-refractivity contribution in [1.29, 1.82) is 0 Å². The summed E-state index contributed by atoms with van der Waals surface area (Å²) >= 11 is 0. The molecule has 0 aromatic carbocycles. The highest BCUT2D eigenvalue weighted by atomic mass is 31.2. The van der Waals surface area contributed by atoms with Crippen molar-refractivity contribution in [3.05, 3.63) is 72.9 Å². The Morgan fingerprint density at radius 1 is 0.455 bits per heavy atom. The number of hydrogen-bond acceptors (Lipinski definition) is 7. The molecule has 0 aliphatic rings. The van der Waals surface area contributed by atoms with Crippen LogP contribution in [0.2, 0.25) is 0 Å². The molecule has 3 unspecified atom stereocenters. The van der Waals surface area contributed by atoms with Crippen molar-refractivity contribution in [3.63, 3.8) is 0 Å². The fourth-order valence-electron chi connectivity index (χ4n) is 9.09. The predicted octanol–water partition coefficient (Wildman–Crippen LogP) is 19.4. The number of quaternary nitrogens is 1. The summed E-state index contributed by atoms with van der Waals surface area (Å²) in [7, 11) is 1.17. The van der Waals surface area contributed by atoms with E-state index in [0.29, 0.717) is 23.9 Å². The van der Waals surface area contributed by atoms with Crippen molar-refractivity contribution in [2.75, 3.05) is 40.9 Å². The van der Waals surface area contributed by atoms with E-state index in [9.17, 15) is 19.0 Å². The van der Waals surface area contributed by atoms with Crippen LogP contribution in [0.15, 0.2) is 72.9 Å². The third kappa shape index (κ3) is 57.9. The molecule has 0 heterocycles. The largest absolute Gasteiger partial charge is 0.756 e. The van der Waals surface area contributed by atoms with Crippen molar-refractivity contribution < 1.29 is 37.3 Å². The minimum atomic E-state index is -4.70. The van der Waals surface area contributed by atoms with Gasteiger partial charge in [-0.2, -0.15) is 0 Å². The Labute approximate surface area is 476 Å². The van der Waals surface area contributed by atoms with Gasteiger partial charge in [0.1, 0.15) is 19.3 Å². The van der Waals surface area contributed by atoms with E-state index in [1.807, 2.05) is 33.3 Å². The second-order valence-electron chi connectivity index (χ2n) is 22.9. The Balaban J connectivity index is 5.19. The third-order valence-corrected chi connectivity index (χ3v) is 15.1. The van der Waals surface area contributed by atoms with Crippen LogP contribution in [0.5, 0.6) is 0 Å². The molecule has 0 aliphatic carbocycles. The van der Waals surface area contributed by atoms with E-state index in [4.69, 9.17) is 13.8 Å². The third-order valence-electron chi connectivity index (χ3n) is 14.1. The number of esters is 1. The lowest BCUT2D eigenvalue weighted by Crippen LogP contribution is -2.47. The normalized spacial score (nSPS) is 14.1. The minimum Gasteiger partial charge on any atom is -0.756 e. The molecule has 0 rings (SSSR count). The lowest BCUT2D eigenvalue weighted by atomic mass is 10.0. The van der Waals surface area contributed by atoms with Crippen molar-refractivity contribution in [3.8, 4) is 0 Å². The van der Waals surface area contributed by atoms with Gasteiger partial charge in [-0.25, -0.2) is 0 Å². The Bertz CT molecular complexity index is 1550. The van der Waals surface area contributed by atoms with Crippen molar-refractivity contribution in [2.45, 2.75) is 303 Å². The minimum absolute atomic E-state index is 0.0269. The molecule has 448 valence electrons. The fraction of sp³-hybridized carbons (Fsp3) is 0.791. The molecule has 0 fully saturated rings. The number of ether oxygens (including phenoxy) is 1. The van der Waals surface area contributed by atoms with Gasteiger partial charge in [0, 0.05) is 12.8 Å². The van der Waals surface area contributed by atoms with Crippen LogP contribution >= 0.6 is 7.82 Å². The highest BCUT2D eigenvalue weighted by Gasteiger charge is 2.27. The molecule has 0 saturated heterocycles. The standard InChI is InChI=1S/C67H123N2O7P/c1-7-10-13-16-19-22-25-27-29-31-33-34-36-37-39-41-44-47-50-53-56-59-66(70)68-64(63-75-77(72,73)74-62-61-69(4,5)6)65(58-55-52-49-46-43-24-21-18-15-12-9-3)76-67(71)60-57-54-51-48-45-42-40-38-35-32-30-28-26-23-20-17-14-11-8-2/h19-20,22-23,27-30,35,38,55,58,64-65H,7-18,21,24-26,31-34,36-37,39-54,56-57,59-63H2,1-6H3,(H-,68,70,72,73)/b22-19-,23-20-,29-27-,30-28-,38-35-,58-55+. The second kappa shape index (κ2) is 56.7. The van der Waals surface area contributed by atoms with Crippen molar-refractivity contribution in [2.24, 2.45) is 0 Å². The van der Waals surface area contributed by atoms with Crippen LogP contribution in [0.25, 0.3) is 0 Å². The van der Waals surface area contributed by atoms with E-state index >= 15 is 0 Å². The number of phosphoric acid groups is 1. The van der Waals surface area contributed by atoms with E-state index in [1.165, 1.54) is 167 Å². The molecule has 0 spiro atoms. The van der Waals surface area contributed by atoms with E-state index in [0.717, 1.165) is 83.5 Å². The summed E-state index contributed by atoms with van der Waals surface area (Å²) in [6.45, 7) is 6.79. The number of rotatable bonds is 58. The number of amides is 1. The van der Waals surface area contributed by atoms with E-state index in [1.54, 1.807) is 0 Å². The smallest absolute Gasteiger partial charge is 0.306 e. The molecule has 1 N–H and O–H groups in total. The van der Waals surface area contributed by atoms with Gasteiger partial charge in [-0.3, -0.25) is 14.2 Å². The number of hydrogen-bond donors (Lipinski definition) is 1. The number of carbonyl (C=O) groups excluding carboxylic acids is 2. The number of allylic oxidation sites excluding steroid dienone is 11. The average molecular weight is 1100 g/mol. The monoisotopic (exact) mass is 1100 g/mol. The number of carbonyl (C=O) groups is 2. The zero-order valence-electron chi connectivity index (χ0n) is 51.2. The van der Waals surface area contributed by atoms with Gasteiger partial charge in [-0.05, 0) is 102 Å². The summed E-state index contributed by atoms with van der Waals surface area (Å²) in [5, 5.41) is 3.03. The Kier molecular flexibility index (Phi) is 54.8. The SMILES string of the molecule is CCCCC/C=C\C/C=C\C/C=C\CCCCCCCCC(=O)OC(/C=C/CCCCCCCCCCC)C(COP(=O)([O-])OCC[N+](C)(C)C)NC(=O)CCCCCCCCCCCCC/C=C\C/C=C\CCCCC. The van der Waals surface area contributed by atoms with Crippen LogP contribution in [-0.4, -0.2) is 69.4 Å². The van der Waals surface area contributed by atoms with E-state index in [-0.39, 0.29) is 24.9 Å². The first-order valence-electron chi connectivity index (χ1n) is 32.2. The highest BCUT2D eigenvalue weighted by Crippen LogP contribution is 2.38. The van der Waals surface area contributed by atoms with Crippen LogP contribution < -0.4 is 10.2 Å². The molecule has 0 saturated carbocycles. The lowest BCUT2D eigenvalue weighted by molar-refractivity contribution is -0.870. The maximum atomic E-state index is 13.5. The summed E-state index contributed by atoms with van der Waals surface area (Å²) in [6.07, 6.45) is 72.9. The molecule has 3 atom stereocenters. The van der Waals surface area contributed by atoms with Crippen LogP contribution in [0.3, 0.4) is 0 Å². The average Bonchev–Trinajstić information content (AvgIpc) is 3.39. The number of unbranched alkanes of at least 4 members (excludes halogenated alkanes) is 32. The Morgan fingerprint density at radius 3 is 1.21 bits per heavy atom. The fourth-order valence-corrected chi connectivity index (χ4v) is 9.81. The second-order valence-corrected chi connectivity index (χ2v) is 24.3. The Morgan fingerprint density at radius 2 is 0.792 bits per heavy atom. The van der Waals surface area contributed by atoms with Crippen LogP contribution in [0, 0.1) is 0 Å². The van der Waals surface area contributed by atoms with Gasteiger partial charge in [-0.15, -0.1) is 0 Å². The molecular formula is C67H123N2O7P. The first-order chi connectivity index (χ1) is 37.4. The van der Waals surface area contributed by atoms with Gasteiger partial charge in [0.05, 0.1) is 33.8 Å². The summed E-state index contributed by atoms with van der Waals surface area (Å²) in [6, 6.07) is -0.897. The van der Waals surface area contributed by atoms with E-state index in [2.05, 4.69) is 86.8 Å². The predicted molar refractivity (Wildman–Crippen MR) is 330 cm³/mol. The molecule has 0 radical (unpaired) electrons. The number of nitrogens with zero attached hydrogens (tertiary/aromatic N) is 1. The maximum absolute atomic E-state index is 13.5. The van der Waals surface area contributed by atoms with Crippen molar-refractivity contribution >= 4 is 19.7 Å². The maximum Gasteiger partial charge on any atom is 0.306 e. The summed E-state index contributed by atoms with van der Waals surface area (Å²) in [4.78, 5) is 40.0. The van der Waals surface area contributed by atoms with Gasteiger partial charge in [0.2, 0.25) is 5.91 Å². The Hall–Kier alpha value is -2.55. The molecular weight excluding hydrogens is 976 g/mol. The summed E-state index contributed by atoms with van der Waals surface area (Å²) in [5.74, 6) is -0.555. The topological polar surface area (TPSA) is 114 Å². The number of nitrogens with one attached hydrogen (secondary N) is 1. The van der Waals surface area contributed by atoms with E-state index < -0.39 is 26.6 Å². The summed E-state index contributed by atoms with van der Waals surface area (Å²) < 4.78 is 30.3. The zero-order valence-corrected chi connectivity index (χ0v) is 52.0. The number of likely N-dealkylation sites (N-methyl/N-ethyl adjacent to an activating group) is 1. The van der Waals surface area contributed by atoms with Crippen LogP contribution in [0.4, 0.5) is 0 Å². The first-order valence-corrected chi connectivity index (χ1v) is 33.7. The quantitative estimate of drug-likeness (QED) is 0.0212. The molecule has 0 aromatic heterocycles. The van der Waals surface area contributed by atoms with Gasteiger partial charge in [0.25, 0.3) is 7.82 Å². The molecule has 0 aliphatic heterocycles. The molecule has 9 nitrogen and oxygen atoms in total. The number of phosphoric ester groups is 1. The zero-order chi connectivity index (χ0) is 56.4. The summed E-state index contributed by atoms with van der Waals surface area (Å²) in [5.41, 5.74) is 0. The van der Waals surface area contributed by atoms with Gasteiger partial charge in [0.15, 0.2) is 0 Å². The molecule has 10 heteroatoms. The highest BCUT2D eigenvalue weighted by molar-refractivity contribution is 7.45. The lowest BCUT2D eigenvalue weighted by Gasteiger charge is -2.30. The van der Waals surface area contributed by atoms with Crippen LogP contribution in [0.1, 0.15) is 290 Å². The van der Waals surface area contributed by atoms with Gasteiger partial charge >= 0.3 is 5.97 Å². The van der Waals surface area contributed by atoms with Gasteiger partial charge in [-0.1, -0.05) is 248 Å². The molecule has 0 bridgehead atoms. The molecule has 1 amide bonds. The molecule has 77 heavy (non-hydrogen) atoms. The van der Waals surface area contributed by atoms with Crippen molar-refractivity contribution in [1.82, 2.24) is 5.32 Å². The van der Waals surface area contributed by atoms with Gasteiger partial charge < -0.3 is 28.5 Å². The van der Waals surface area contributed by atoms with Crippen LogP contribution in [-0.2, 0) is 27.9 Å². The first kappa shape index (κ1) is 74.5. The molecule has 0 aromatic rings.